The Kier molecular flexibility index (Phi) is 5.15. The second-order valence-corrected chi connectivity index (χ2v) is 6.83. The predicted octanol–water partition coefficient (Wildman–Crippen LogP) is 3.02. The van der Waals surface area contributed by atoms with Gasteiger partial charge in [-0.2, -0.15) is 0 Å². The average Bonchev–Trinajstić information content (AvgIpc) is 3.19. The van der Waals surface area contributed by atoms with E-state index in [0.29, 0.717) is 13.1 Å². The quantitative estimate of drug-likeness (QED) is 0.869. The fourth-order valence-corrected chi connectivity index (χ4v) is 3.78. The molecule has 0 spiro atoms. The zero-order chi connectivity index (χ0) is 18.9. The second-order valence-electron chi connectivity index (χ2n) is 5.55. The van der Waals surface area contributed by atoms with E-state index < -0.39 is 12.1 Å². The van der Waals surface area contributed by atoms with Gasteiger partial charge in [0.15, 0.2) is 17.3 Å². The number of carbonyl (C=O) groups excluding carboxylic acids is 1. The van der Waals surface area contributed by atoms with Crippen LogP contribution >= 0.6 is 11.8 Å². The molecule has 2 N–H and O–H groups in total. The Morgan fingerprint density at radius 1 is 1.50 bits per heavy atom. The number of amides is 1. The standard InChI is InChI=1S/C16H16F3N3O3S/c1-9-21-13(15(23)22-5-6-26-12(22)8-20)14(24-9)10-3-2-4-11(7-10)25-16(17,18)19/h2-4,7,12H,5-6,8,20H2,1H3. The van der Waals surface area contributed by atoms with Gasteiger partial charge in [-0.15, -0.1) is 24.9 Å². The Labute approximate surface area is 151 Å². The van der Waals surface area contributed by atoms with Crippen LogP contribution in [0.3, 0.4) is 0 Å². The summed E-state index contributed by atoms with van der Waals surface area (Å²) in [5, 5.41) is -0.160. The highest BCUT2D eigenvalue weighted by molar-refractivity contribution is 8.00. The second kappa shape index (κ2) is 7.20. The van der Waals surface area contributed by atoms with E-state index in [1.807, 2.05) is 0 Å². The monoisotopic (exact) mass is 387 g/mol. The zero-order valence-corrected chi connectivity index (χ0v) is 14.6. The van der Waals surface area contributed by atoms with Gasteiger partial charge in [0.25, 0.3) is 5.91 Å². The molecule has 10 heteroatoms. The fourth-order valence-electron chi connectivity index (χ4n) is 2.69. The zero-order valence-electron chi connectivity index (χ0n) is 13.7. The molecule has 1 aromatic carbocycles. The summed E-state index contributed by atoms with van der Waals surface area (Å²) < 4.78 is 46.8. The van der Waals surface area contributed by atoms with Crippen molar-refractivity contribution in [3.63, 3.8) is 0 Å². The SMILES string of the molecule is Cc1nc(C(=O)N2CCSC2CN)c(-c2cccc(OC(F)(F)F)c2)o1. The van der Waals surface area contributed by atoms with Crippen LogP contribution in [-0.2, 0) is 0 Å². The van der Waals surface area contributed by atoms with E-state index in [0.717, 1.165) is 11.8 Å². The Bertz CT molecular complexity index is 810. The van der Waals surface area contributed by atoms with Crippen LogP contribution in [0.15, 0.2) is 28.7 Å². The molecular formula is C16H16F3N3O3S. The number of halogens is 3. The van der Waals surface area contributed by atoms with Crippen molar-refractivity contribution in [1.82, 2.24) is 9.88 Å². The largest absolute Gasteiger partial charge is 0.573 e. The van der Waals surface area contributed by atoms with E-state index in [-0.39, 0.29) is 34.2 Å². The van der Waals surface area contributed by atoms with E-state index in [1.54, 1.807) is 23.6 Å². The molecule has 2 aromatic rings. The van der Waals surface area contributed by atoms with Gasteiger partial charge in [0.1, 0.15) is 5.75 Å². The lowest BCUT2D eigenvalue weighted by molar-refractivity contribution is -0.274. The number of aromatic nitrogens is 1. The van der Waals surface area contributed by atoms with Crippen LogP contribution in [-0.4, -0.2) is 46.4 Å². The van der Waals surface area contributed by atoms with Crippen molar-refractivity contribution in [3.05, 3.63) is 35.9 Å². The van der Waals surface area contributed by atoms with E-state index in [2.05, 4.69) is 9.72 Å². The number of ether oxygens (including phenoxy) is 1. The van der Waals surface area contributed by atoms with Gasteiger partial charge in [0.2, 0.25) is 0 Å². The summed E-state index contributed by atoms with van der Waals surface area (Å²) in [4.78, 5) is 18.6. The minimum Gasteiger partial charge on any atom is -0.440 e. The molecule has 2 heterocycles. The maximum Gasteiger partial charge on any atom is 0.573 e. The molecule has 1 saturated heterocycles. The number of nitrogens with zero attached hydrogens (tertiary/aromatic N) is 2. The van der Waals surface area contributed by atoms with E-state index >= 15 is 0 Å². The molecule has 1 aromatic heterocycles. The number of alkyl halides is 3. The molecule has 0 radical (unpaired) electrons. The van der Waals surface area contributed by atoms with Crippen molar-refractivity contribution in [3.8, 4) is 17.1 Å². The number of hydrogen-bond donors (Lipinski definition) is 1. The molecule has 0 bridgehead atoms. The van der Waals surface area contributed by atoms with Crippen LogP contribution in [0.5, 0.6) is 5.75 Å². The highest BCUT2D eigenvalue weighted by Crippen LogP contribution is 2.32. The van der Waals surface area contributed by atoms with E-state index in [9.17, 15) is 18.0 Å². The van der Waals surface area contributed by atoms with Crippen molar-refractivity contribution in [2.45, 2.75) is 18.7 Å². The lowest BCUT2D eigenvalue weighted by atomic mass is 10.1. The summed E-state index contributed by atoms with van der Waals surface area (Å²) in [6, 6.07) is 5.24. The molecule has 1 aliphatic rings. The summed E-state index contributed by atoms with van der Waals surface area (Å²) in [5.41, 5.74) is 6.01. The van der Waals surface area contributed by atoms with Gasteiger partial charge < -0.3 is 19.8 Å². The normalized spacial score (nSPS) is 17.6. The van der Waals surface area contributed by atoms with Gasteiger partial charge in [-0.25, -0.2) is 4.98 Å². The number of aryl methyl sites for hydroxylation is 1. The lowest BCUT2D eigenvalue weighted by Crippen LogP contribution is -2.39. The summed E-state index contributed by atoms with van der Waals surface area (Å²) in [7, 11) is 0. The van der Waals surface area contributed by atoms with Crippen LogP contribution in [0.4, 0.5) is 13.2 Å². The van der Waals surface area contributed by atoms with Crippen LogP contribution in [0.1, 0.15) is 16.4 Å². The molecule has 1 aliphatic heterocycles. The van der Waals surface area contributed by atoms with Crippen molar-refractivity contribution in [1.29, 1.82) is 0 Å². The predicted molar refractivity (Wildman–Crippen MR) is 89.7 cm³/mol. The average molecular weight is 387 g/mol. The number of nitrogens with two attached hydrogens (primary N) is 1. The smallest absolute Gasteiger partial charge is 0.440 e. The third-order valence-electron chi connectivity index (χ3n) is 3.72. The third-order valence-corrected chi connectivity index (χ3v) is 4.97. The molecular weight excluding hydrogens is 371 g/mol. The maximum atomic E-state index is 12.9. The molecule has 0 saturated carbocycles. The highest BCUT2D eigenvalue weighted by atomic mass is 32.2. The van der Waals surface area contributed by atoms with Crippen LogP contribution in [0, 0.1) is 6.92 Å². The molecule has 0 aliphatic carbocycles. The number of thioether (sulfide) groups is 1. The minimum absolute atomic E-state index is 0.0487. The van der Waals surface area contributed by atoms with Gasteiger partial charge in [-0.1, -0.05) is 12.1 Å². The molecule has 1 unspecified atom stereocenters. The van der Waals surface area contributed by atoms with Crippen molar-refractivity contribution < 1.29 is 27.1 Å². The molecule has 1 atom stereocenters. The number of benzene rings is 1. The number of rotatable bonds is 4. The molecule has 1 fully saturated rings. The van der Waals surface area contributed by atoms with Gasteiger partial charge >= 0.3 is 6.36 Å². The first-order chi connectivity index (χ1) is 12.3. The Morgan fingerprint density at radius 2 is 2.27 bits per heavy atom. The van der Waals surface area contributed by atoms with Gasteiger partial charge in [0.05, 0.1) is 5.37 Å². The Balaban J connectivity index is 1.95. The maximum absolute atomic E-state index is 12.9. The Morgan fingerprint density at radius 3 is 2.96 bits per heavy atom. The first-order valence-electron chi connectivity index (χ1n) is 7.75. The van der Waals surface area contributed by atoms with Crippen LogP contribution < -0.4 is 10.5 Å². The summed E-state index contributed by atoms with van der Waals surface area (Å²) in [6.45, 7) is 2.39. The highest BCUT2D eigenvalue weighted by Gasteiger charge is 2.34. The first-order valence-corrected chi connectivity index (χ1v) is 8.79. The molecule has 26 heavy (non-hydrogen) atoms. The van der Waals surface area contributed by atoms with Crippen molar-refractivity contribution in [2.24, 2.45) is 5.73 Å². The van der Waals surface area contributed by atoms with Crippen LogP contribution in [0.2, 0.25) is 0 Å². The number of hydrogen-bond acceptors (Lipinski definition) is 6. The molecule has 6 nitrogen and oxygen atoms in total. The van der Waals surface area contributed by atoms with Gasteiger partial charge in [-0.05, 0) is 12.1 Å². The lowest BCUT2D eigenvalue weighted by Gasteiger charge is -2.21. The molecule has 140 valence electrons. The summed E-state index contributed by atoms with van der Waals surface area (Å²) in [6.07, 6.45) is -4.81. The fraction of sp³-hybridized carbons (Fsp3) is 0.375. The number of carbonyl (C=O) groups is 1. The van der Waals surface area contributed by atoms with E-state index in [4.69, 9.17) is 10.2 Å². The van der Waals surface area contributed by atoms with Gasteiger partial charge in [0, 0.05) is 31.3 Å². The third kappa shape index (κ3) is 3.96. The topological polar surface area (TPSA) is 81.6 Å². The minimum atomic E-state index is -4.81. The van der Waals surface area contributed by atoms with Crippen molar-refractivity contribution in [2.75, 3.05) is 18.8 Å². The van der Waals surface area contributed by atoms with Gasteiger partial charge in [-0.3, -0.25) is 4.79 Å². The first kappa shape index (κ1) is 18.6. The summed E-state index contributed by atoms with van der Waals surface area (Å²) >= 11 is 1.57. The molecule has 1 amide bonds. The van der Waals surface area contributed by atoms with Crippen molar-refractivity contribution >= 4 is 17.7 Å². The van der Waals surface area contributed by atoms with Crippen LogP contribution in [0.25, 0.3) is 11.3 Å². The van der Waals surface area contributed by atoms with E-state index in [1.165, 1.54) is 18.2 Å². The Hall–Kier alpha value is -2.20. The molecule has 3 rings (SSSR count). The number of oxazole rings is 1. The summed E-state index contributed by atoms with van der Waals surface area (Å²) in [5.74, 6) is 0.335.